The van der Waals surface area contributed by atoms with Gasteiger partial charge in [-0.15, -0.1) is 4.83 Å². The van der Waals surface area contributed by atoms with E-state index >= 15 is 0 Å². The molecule has 2 N–H and O–H groups in total. The molecule has 0 aliphatic carbocycles. The van der Waals surface area contributed by atoms with Crippen molar-refractivity contribution in [1.29, 1.82) is 0 Å². The number of hydrogen-bond donors (Lipinski definition) is 2. The standard InChI is InChI=1S/C16H18N4O6S/c1-3-26-16(23)13-7-5-9-20(13)14(21)11-19-8-4-6-12(10-19)15(22)17-18-27(2,24)25/h4-10,18H,3,11H2,1-2H3/p+1. The van der Waals surface area contributed by atoms with Gasteiger partial charge in [0.2, 0.25) is 16.6 Å². The lowest BCUT2D eigenvalue weighted by Gasteiger charge is -2.06. The van der Waals surface area contributed by atoms with E-state index in [4.69, 9.17) is 4.74 Å². The molecule has 27 heavy (non-hydrogen) atoms. The van der Waals surface area contributed by atoms with Crippen molar-refractivity contribution in [1.82, 2.24) is 14.8 Å². The van der Waals surface area contributed by atoms with Crippen LogP contribution in [0.4, 0.5) is 0 Å². The number of amides is 1. The third-order valence-electron chi connectivity index (χ3n) is 3.29. The number of carbonyl (C=O) groups excluding carboxylic acids is 3. The monoisotopic (exact) mass is 395 g/mol. The maximum Gasteiger partial charge on any atom is 0.355 e. The number of hydrogen-bond acceptors (Lipinski definition) is 6. The first-order chi connectivity index (χ1) is 12.7. The Labute approximate surface area is 155 Å². The van der Waals surface area contributed by atoms with Gasteiger partial charge in [0, 0.05) is 12.3 Å². The van der Waals surface area contributed by atoms with E-state index in [1.54, 1.807) is 19.2 Å². The SMILES string of the molecule is CCOC(=O)c1cccn1C(=O)C[n+]1cccc(C(=O)NNS(C)(=O)=O)c1. The molecule has 11 heteroatoms. The summed E-state index contributed by atoms with van der Waals surface area (Å²) in [6.45, 7) is 1.70. The Morgan fingerprint density at radius 3 is 2.63 bits per heavy atom. The van der Waals surface area contributed by atoms with Gasteiger partial charge in [-0.05, 0) is 25.1 Å². The van der Waals surface area contributed by atoms with Crippen molar-refractivity contribution in [2.75, 3.05) is 12.9 Å². The van der Waals surface area contributed by atoms with Gasteiger partial charge in [-0.1, -0.05) is 0 Å². The fourth-order valence-corrected chi connectivity index (χ4v) is 2.45. The highest BCUT2D eigenvalue weighted by molar-refractivity contribution is 7.88. The number of hydrazine groups is 1. The highest BCUT2D eigenvalue weighted by Crippen LogP contribution is 2.05. The summed E-state index contributed by atoms with van der Waals surface area (Å²) in [7, 11) is -3.59. The van der Waals surface area contributed by atoms with Gasteiger partial charge in [0.1, 0.15) is 11.3 Å². The summed E-state index contributed by atoms with van der Waals surface area (Å²) in [5.74, 6) is -1.71. The first kappa shape index (κ1) is 20.3. The molecular weight excluding hydrogens is 376 g/mol. The van der Waals surface area contributed by atoms with E-state index in [-0.39, 0.29) is 24.4 Å². The van der Waals surface area contributed by atoms with E-state index < -0.39 is 27.8 Å². The van der Waals surface area contributed by atoms with Gasteiger partial charge in [-0.3, -0.25) is 19.6 Å². The van der Waals surface area contributed by atoms with E-state index in [1.165, 1.54) is 39.7 Å². The highest BCUT2D eigenvalue weighted by atomic mass is 32.2. The number of aromatic nitrogens is 2. The summed E-state index contributed by atoms with van der Waals surface area (Å²) in [6.07, 6.45) is 5.29. The molecule has 0 spiro atoms. The van der Waals surface area contributed by atoms with Crippen LogP contribution < -0.4 is 14.8 Å². The lowest BCUT2D eigenvalue weighted by atomic mass is 10.2. The average molecular weight is 395 g/mol. The molecule has 0 aliphatic heterocycles. The van der Waals surface area contributed by atoms with Gasteiger partial charge in [0.25, 0.3) is 11.8 Å². The molecule has 2 rings (SSSR count). The van der Waals surface area contributed by atoms with Crippen molar-refractivity contribution in [3.8, 4) is 0 Å². The van der Waals surface area contributed by atoms with Crippen LogP contribution in [0.5, 0.6) is 0 Å². The van der Waals surface area contributed by atoms with Crippen molar-refractivity contribution in [3.05, 3.63) is 54.1 Å². The second-order valence-corrected chi connectivity index (χ2v) is 7.22. The van der Waals surface area contributed by atoms with Gasteiger partial charge >= 0.3 is 5.97 Å². The molecule has 0 bridgehead atoms. The zero-order chi connectivity index (χ0) is 20.0. The second kappa shape index (κ2) is 8.56. The summed E-state index contributed by atoms with van der Waals surface area (Å²) >= 11 is 0. The summed E-state index contributed by atoms with van der Waals surface area (Å²) in [4.78, 5) is 38.2. The van der Waals surface area contributed by atoms with Crippen LogP contribution in [-0.2, 0) is 21.3 Å². The van der Waals surface area contributed by atoms with Gasteiger partial charge < -0.3 is 4.74 Å². The lowest BCUT2D eigenvalue weighted by Crippen LogP contribution is -2.44. The fourth-order valence-electron chi connectivity index (χ4n) is 2.17. The first-order valence-electron chi connectivity index (χ1n) is 7.85. The van der Waals surface area contributed by atoms with Crippen LogP contribution in [0.3, 0.4) is 0 Å². The molecule has 0 aromatic carbocycles. The number of nitrogens with one attached hydrogen (secondary N) is 2. The fraction of sp³-hybridized carbons (Fsp3) is 0.250. The number of ether oxygens (including phenoxy) is 1. The van der Waals surface area contributed by atoms with E-state index in [9.17, 15) is 22.8 Å². The second-order valence-electron chi connectivity index (χ2n) is 5.47. The van der Waals surface area contributed by atoms with Crippen molar-refractivity contribution in [3.63, 3.8) is 0 Å². The molecule has 0 saturated carbocycles. The Morgan fingerprint density at radius 1 is 1.22 bits per heavy atom. The van der Waals surface area contributed by atoms with Crippen molar-refractivity contribution < 1.29 is 32.1 Å². The smallest absolute Gasteiger partial charge is 0.355 e. The molecule has 2 aromatic rings. The average Bonchev–Trinajstić information content (AvgIpc) is 3.09. The molecule has 0 atom stereocenters. The summed E-state index contributed by atoms with van der Waals surface area (Å²) in [6, 6.07) is 6.02. The van der Waals surface area contributed by atoms with E-state index in [2.05, 4.69) is 0 Å². The number of esters is 1. The quantitative estimate of drug-likeness (QED) is 0.369. The Morgan fingerprint density at radius 2 is 1.96 bits per heavy atom. The molecule has 0 aliphatic rings. The molecule has 2 aromatic heterocycles. The number of carbonyl (C=O) groups is 3. The Hall–Kier alpha value is -3.05. The van der Waals surface area contributed by atoms with Gasteiger partial charge in [-0.25, -0.2) is 13.2 Å². The normalized spacial score (nSPS) is 11.0. The lowest BCUT2D eigenvalue weighted by molar-refractivity contribution is -0.683. The molecular formula is C16H19N4O6S+. The first-order valence-corrected chi connectivity index (χ1v) is 9.74. The van der Waals surface area contributed by atoms with Crippen LogP contribution in [0, 0.1) is 0 Å². The third kappa shape index (κ3) is 5.72. The maximum absolute atomic E-state index is 12.5. The van der Waals surface area contributed by atoms with Crippen LogP contribution in [0.25, 0.3) is 0 Å². The summed E-state index contributed by atoms with van der Waals surface area (Å²) in [5.41, 5.74) is 2.29. The largest absolute Gasteiger partial charge is 0.461 e. The highest BCUT2D eigenvalue weighted by Gasteiger charge is 2.20. The molecule has 2 heterocycles. The maximum atomic E-state index is 12.5. The predicted octanol–water partition coefficient (Wildman–Crippen LogP) is -0.513. The van der Waals surface area contributed by atoms with Gasteiger partial charge in [0.15, 0.2) is 12.4 Å². The molecule has 10 nitrogen and oxygen atoms in total. The molecule has 1 amide bonds. The minimum absolute atomic E-state index is 0.105. The summed E-state index contributed by atoms with van der Waals surface area (Å²) in [5, 5.41) is 0. The zero-order valence-corrected chi connectivity index (χ0v) is 15.5. The Bertz CT molecular complexity index is 967. The molecule has 0 radical (unpaired) electrons. The van der Waals surface area contributed by atoms with Crippen LogP contribution >= 0.6 is 0 Å². The van der Waals surface area contributed by atoms with E-state index in [1.807, 2.05) is 10.3 Å². The van der Waals surface area contributed by atoms with Crippen LogP contribution in [-0.4, -0.2) is 43.6 Å². The van der Waals surface area contributed by atoms with Crippen molar-refractivity contribution in [2.45, 2.75) is 13.5 Å². The predicted molar refractivity (Wildman–Crippen MR) is 93.1 cm³/mol. The third-order valence-corrected chi connectivity index (χ3v) is 3.76. The number of rotatable bonds is 7. The van der Waals surface area contributed by atoms with Crippen LogP contribution in [0.1, 0.15) is 32.6 Å². The number of pyridine rings is 1. The summed E-state index contributed by atoms with van der Waals surface area (Å²) < 4.78 is 29.6. The van der Waals surface area contributed by atoms with Crippen molar-refractivity contribution >= 4 is 27.8 Å². The van der Waals surface area contributed by atoms with Crippen molar-refractivity contribution in [2.24, 2.45) is 0 Å². The molecule has 0 unspecified atom stereocenters. The molecule has 144 valence electrons. The Balaban J connectivity index is 2.12. The topological polar surface area (TPSA) is 127 Å². The number of sulfonamides is 1. The molecule has 0 fully saturated rings. The number of nitrogens with zero attached hydrogens (tertiary/aromatic N) is 2. The van der Waals surface area contributed by atoms with Crippen LogP contribution in [0.15, 0.2) is 42.9 Å². The Kier molecular flexibility index (Phi) is 6.42. The van der Waals surface area contributed by atoms with E-state index in [0.29, 0.717) is 0 Å². The molecule has 0 saturated heterocycles. The van der Waals surface area contributed by atoms with Crippen LogP contribution in [0.2, 0.25) is 0 Å². The van der Waals surface area contributed by atoms with Gasteiger partial charge in [0.05, 0.1) is 12.9 Å². The minimum Gasteiger partial charge on any atom is -0.461 e. The van der Waals surface area contributed by atoms with E-state index in [0.717, 1.165) is 6.26 Å². The van der Waals surface area contributed by atoms with Gasteiger partial charge in [-0.2, -0.15) is 4.57 Å². The zero-order valence-electron chi connectivity index (χ0n) is 14.7. The minimum atomic E-state index is -3.59.